The summed E-state index contributed by atoms with van der Waals surface area (Å²) in [6, 6.07) is 13.9. The molecule has 0 aliphatic heterocycles. The van der Waals surface area contributed by atoms with Crippen molar-refractivity contribution < 1.29 is 4.39 Å². The Hall–Kier alpha value is -3.10. The summed E-state index contributed by atoms with van der Waals surface area (Å²) in [7, 11) is 0. The van der Waals surface area contributed by atoms with E-state index in [2.05, 4.69) is 30.9 Å². The fourth-order valence-electron chi connectivity index (χ4n) is 2.93. The summed E-state index contributed by atoms with van der Waals surface area (Å²) in [5.41, 5.74) is 4.37. The van der Waals surface area contributed by atoms with Gasteiger partial charge in [0.05, 0.1) is 10.7 Å². The van der Waals surface area contributed by atoms with Gasteiger partial charge in [-0.1, -0.05) is 29.8 Å². The lowest BCUT2D eigenvalue weighted by Crippen LogP contribution is -2.39. The van der Waals surface area contributed by atoms with E-state index in [-0.39, 0.29) is 5.82 Å². The van der Waals surface area contributed by atoms with E-state index < -0.39 is 0 Å². The van der Waals surface area contributed by atoms with Crippen LogP contribution >= 0.6 is 23.8 Å². The molecule has 0 bridgehead atoms. The van der Waals surface area contributed by atoms with E-state index >= 15 is 0 Å². The van der Waals surface area contributed by atoms with E-state index in [0.717, 1.165) is 22.5 Å². The summed E-state index contributed by atoms with van der Waals surface area (Å²) in [4.78, 5) is 13.4. The molecule has 0 unspecified atom stereocenters. The number of aliphatic imine (C=N–C) groups is 1. The van der Waals surface area contributed by atoms with Crippen LogP contribution in [0.25, 0.3) is 0 Å². The largest absolute Gasteiger partial charge is 0.331 e. The van der Waals surface area contributed by atoms with E-state index in [1.165, 1.54) is 12.1 Å². The number of benzene rings is 2. The van der Waals surface area contributed by atoms with Crippen LogP contribution in [0.3, 0.4) is 0 Å². The van der Waals surface area contributed by atoms with Crippen molar-refractivity contribution in [3.05, 3.63) is 81.9 Å². The highest BCUT2D eigenvalue weighted by Gasteiger charge is 2.09. The lowest BCUT2D eigenvalue weighted by molar-refractivity contribution is 0.627. The molecule has 0 spiro atoms. The number of hydrogen-bond donors (Lipinski definition) is 3. The highest BCUT2D eigenvalue weighted by Crippen LogP contribution is 2.22. The third-order valence-electron chi connectivity index (χ3n) is 4.40. The molecule has 3 rings (SSSR count). The van der Waals surface area contributed by atoms with E-state index in [0.29, 0.717) is 40.7 Å². The first-order valence-corrected chi connectivity index (χ1v) is 10.8. The Balaban J connectivity index is 1.73. The molecule has 0 fully saturated rings. The highest BCUT2D eigenvalue weighted by molar-refractivity contribution is 7.80. The number of halogens is 2. The molecule has 166 valence electrons. The molecule has 0 aliphatic carbocycles. The number of nitrogens with zero attached hydrogens (tertiary/aromatic N) is 3. The van der Waals surface area contributed by atoms with Gasteiger partial charge in [-0.15, -0.1) is 0 Å². The summed E-state index contributed by atoms with van der Waals surface area (Å²) in [5.74, 6) is 0.531. The molecular weight excluding hydrogens is 447 g/mol. The van der Waals surface area contributed by atoms with Crippen LogP contribution in [0.5, 0.6) is 0 Å². The zero-order chi connectivity index (χ0) is 23.1. The molecular formula is C23H24ClFN6S. The minimum atomic E-state index is -0.264. The zero-order valence-corrected chi connectivity index (χ0v) is 19.6. The van der Waals surface area contributed by atoms with Gasteiger partial charge < -0.3 is 10.6 Å². The van der Waals surface area contributed by atoms with Crippen molar-refractivity contribution in [3.8, 4) is 0 Å². The lowest BCUT2D eigenvalue weighted by atomic mass is 10.1. The molecule has 0 saturated carbocycles. The minimum absolute atomic E-state index is 0.264. The molecule has 32 heavy (non-hydrogen) atoms. The van der Waals surface area contributed by atoms with E-state index in [1.54, 1.807) is 12.1 Å². The van der Waals surface area contributed by atoms with Crippen LogP contribution in [0.1, 0.15) is 22.5 Å². The van der Waals surface area contributed by atoms with E-state index in [9.17, 15) is 4.39 Å². The van der Waals surface area contributed by atoms with Gasteiger partial charge in [0.15, 0.2) is 5.11 Å². The van der Waals surface area contributed by atoms with Gasteiger partial charge >= 0.3 is 0 Å². The Morgan fingerprint density at radius 1 is 1.00 bits per heavy atom. The Morgan fingerprint density at radius 2 is 1.69 bits per heavy atom. The maximum atomic E-state index is 13.1. The smallest absolute Gasteiger partial charge is 0.229 e. The van der Waals surface area contributed by atoms with Crippen LogP contribution in [0.15, 0.2) is 53.5 Å². The second kappa shape index (κ2) is 11.0. The molecule has 0 aliphatic rings. The van der Waals surface area contributed by atoms with Gasteiger partial charge in [0.25, 0.3) is 0 Å². The van der Waals surface area contributed by atoms with Gasteiger partial charge in [-0.25, -0.2) is 14.4 Å². The Bertz CT molecular complexity index is 1110. The third kappa shape index (κ3) is 7.25. The number of thiocarbonyl (C=S) groups is 1. The van der Waals surface area contributed by atoms with Crippen molar-refractivity contribution in [2.45, 2.75) is 27.2 Å². The molecule has 2 aromatic carbocycles. The topological polar surface area (TPSA) is 74.2 Å². The van der Waals surface area contributed by atoms with Crippen LogP contribution in [-0.2, 0) is 6.42 Å². The fourth-order valence-corrected chi connectivity index (χ4v) is 3.42. The Labute approximate surface area is 197 Å². The van der Waals surface area contributed by atoms with Gasteiger partial charge in [-0.2, -0.15) is 0 Å². The Morgan fingerprint density at radius 3 is 2.34 bits per heavy atom. The first-order valence-electron chi connectivity index (χ1n) is 10.0. The molecule has 0 atom stereocenters. The zero-order valence-electron chi connectivity index (χ0n) is 18.0. The van der Waals surface area contributed by atoms with Gasteiger partial charge in [0.2, 0.25) is 11.9 Å². The lowest BCUT2D eigenvalue weighted by Gasteiger charge is -2.15. The van der Waals surface area contributed by atoms with Crippen LogP contribution in [0.2, 0.25) is 5.02 Å². The number of aryl methyl sites for hydroxylation is 3. The van der Waals surface area contributed by atoms with Gasteiger partial charge in [-0.05, 0) is 80.9 Å². The molecule has 0 amide bonds. The standard InChI is InChI=1S/C23H24ClFN6S/c1-14-4-9-20(19(24)12-14)29-23(32)31-21(30-22-27-15(2)13-16(3)28-22)26-11-10-17-5-7-18(25)8-6-17/h4-9,12-13H,10-11H2,1-3H3,(H3,26,27,28,29,30,31,32). The molecule has 3 aromatic rings. The fraction of sp³-hybridized carbons (Fsp3) is 0.217. The van der Waals surface area contributed by atoms with Gasteiger partial charge in [0, 0.05) is 17.9 Å². The number of guanidine groups is 1. The van der Waals surface area contributed by atoms with Crippen molar-refractivity contribution in [1.29, 1.82) is 0 Å². The van der Waals surface area contributed by atoms with E-state index in [1.807, 2.05) is 45.0 Å². The number of anilines is 2. The van der Waals surface area contributed by atoms with Crippen LogP contribution in [0, 0.1) is 26.6 Å². The number of aromatic nitrogens is 2. The normalized spacial score (nSPS) is 11.2. The van der Waals surface area contributed by atoms with Crippen molar-refractivity contribution in [3.63, 3.8) is 0 Å². The predicted molar refractivity (Wildman–Crippen MR) is 133 cm³/mol. The SMILES string of the molecule is Cc1ccc(NC(=S)NC(=NCCc2ccc(F)cc2)Nc2nc(C)cc(C)n2)c(Cl)c1. The van der Waals surface area contributed by atoms with Crippen LogP contribution < -0.4 is 16.0 Å². The number of nitrogens with one attached hydrogen (secondary N) is 3. The predicted octanol–water partition coefficient (Wildman–Crippen LogP) is 5.19. The third-order valence-corrected chi connectivity index (χ3v) is 4.92. The minimum Gasteiger partial charge on any atom is -0.331 e. The van der Waals surface area contributed by atoms with Crippen LogP contribution in [0.4, 0.5) is 16.0 Å². The number of hydrogen-bond acceptors (Lipinski definition) is 4. The summed E-state index contributed by atoms with van der Waals surface area (Å²) in [5, 5.41) is 10.1. The van der Waals surface area contributed by atoms with Crippen molar-refractivity contribution in [1.82, 2.24) is 15.3 Å². The molecule has 0 radical (unpaired) electrons. The van der Waals surface area contributed by atoms with Gasteiger partial charge in [0.1, 0.15) is 5.82 Å². The van der Waals surface area contributed by atoms with Crippen molar-refractivity contribution in [2.24, 2.45) is 4.99 Å². The maximum absolute atomic E-state index is 13.1. The maximum Gasteiger partial charge on any atom is 0.229 e. The first-order chi connectivity index (χ1) is 15.3. The van der Waals surface area contributed by atoms with Crippen molar-refractivity contribution in [2.75, 3.05) is 17.2 Å². The number of rotatable bonds is 5. The molecule has 1 aromatic heterocycles. The van der Waals surface area contributed by atoms with E-state index in [4.69, 9.17) is 23.8 Å². The summed E-state index contributed by atoms with van der Waals surface area (Å²) >= 11 is 11.7. The average molecular weight is 471 g/mol. The first kappa shape index (κ1) is 23.6. The molecule has 9 heteroatoms. The average Bonchev–Trinajstić information content (AvgIpc) is 2.71. The quantitative estimate of drug-likeness (QED) is 0.270. The van der Waals surface area contributed by atoms with Crippen LogP contribution in [-0.4, -0.2) is 27.6 Å². The summed E-state index contributed by atoms with van der Waals surface area (Å²) < 4.78 is 13.1. The van der Waals surface area contributed by atoms with Crippen molar-refractivity contribution >= 4 is 46.5 Å². The summed E-state index contributed by atoms with van der Waals surface area (Å²) in [6.07, 6.45) is 0.630. The summed E-state index contributed by atoms with van der Waals surface area (Å²) in [6.45, 7) is 6.19. The second-order valence-electron chi connectivity index (χ2n) is 7.27. The molecule has 0 saturated heterocycles. The van der Waals surface area contributed by atoms with Gasteiger partial charge in [-0.3, -0.25) is 10.3 Å². The highest BCUT2D eigenvalue weighted by atomic mass is 35.5. The molecule has 6 nitrogen and oxygen atoms in total. The molecule has 3 N–H and O–H groups in total. The molecule has 1 heterocycles. The monoisotopic (exact) mass is 470 g/mol. The Kier molecular flexibility index (Phi) is 8.08. The second-order valence-corrected chi connectivity index (χ2v) is 8.08.